The molecule has 0 aliphatic rings. The van der Waals surface area contributed by atoms with Gasteiger partial charge in [0.1, 0.15) is 0 Å². The first kappa shape index (κ1) is 11.4. The SMILES string of the molecule is CC(C)CC(C)SC(C)(C)C. The maximum absolute atomic E-state index is 2.33. The summed E-state index contributed by atoms with van der Waals surface area (Å²) in [5.41, 5.74) is 0. The van der Waals surface area contributed by atoms with Gasteiger partial charge in [0.2, 0.25) is 0 Å². The normalized spacial score (nSPS) is 15.5. The second kappa shape index (κ2) is 4.39. The largest absolute Gasteiger partial charge is 0.153 e. The molecule has 0 fully saturated rings. The Balaban J connectivity index is 3.61. The molecule has 1 heteroatoms. The lowest BCUT2D eigenvalue weighted by Gasteiger charge is -2.23. The lowest BCUT2D eigenvalue weighted by Crippen LogP contribution is -2.14. The average molecular weight is 174 g/mol. The lowest BCUT2D eigenvalue weighted by atomic mass is 10.1. The lowest BCUT2D eigenvalue weighted by molar-refractivity contribution is 0.581. The summed E-state index contributed by atoms with van der Waals surface area (Å²) in [5.74, 6) is 0.833. The van der Waals surface area contributed by atoms with Crippen LogP contribution in [0.5, 0.6) is 0 Å². The van der Waals surface area contributed by atoms with E-state index < -0.39 is 0 Å². The number of rotatable bonds is 3. The van der Waals surface area contributed by atoms with Crippen molar-refractivity contribution in [2.24, 2.45) is 5.92 Å². The van der Waals surface area contributed by atoms with E-state index in [4.69, 9.17) is 0 Å². The van der Waals surface area contributed by atoms with Crippen LogP contribution in [0.3, 0.4) is 0 Å². The van der Waals surface area contributed by atoms with Crippen LogP contribution in [-0.4, -0.2) is 10.00 Å². The van der Waals surface area contributed by atoms with Crippen molar-refractivity contribution in [3.8, 4) is 0 Å². The van der Waals surface area contributed by atoms with Crippen molar-refractivity contribution in [3.05, 3.63) is 0 Å². The predicted octanol–water partition coefficient (Wildman–Crippen LogP) is 3.95. The Morgan fingerprint density at radius 1 is 1.09 bits per heavy atom. The Labute approximate surface area is 76.1 Å². The highest BCUT2D eigenvalue weighted by atomic mass is 32.2. The molecular weight excluding hydrogens is 152 g/mol. The van der Waals surface area contributed by atoms with E-state index >= 15 is 0 Å². The van der Waals surface area contributed by atoms with Crippen LogP contribution in [0, 0.1) is 5.92 Å². The molecule has 0 aromatic rings. The van der Waals surface area contributed by atoms with Crippen LogP contribution >= 0.6 is 11.8 Å². The third-order valence-corrected chi connectivity index (χ3v) is 2.66. The number of hydrogen-bond acceptors (Lipinski definition) is 1. The maximum Gasteiger partial charge on any atom is 0.00777 e. The summed E-state index contributed by atoms with van der Waals surface area (Å²) in [5, 5.41) is 0.801. The molecule has 0 saturated carbocycles. The van der Waals surface area contributed by atoms with Gasteiger partial charge in [0.15, 0.2) is 0 Å². The van der Waals surface area contributed by atoms with Crippen LogP contribution in [0.4, 0.5) is 0 Å². The van der Waals surface area contributed by atoms with Gasteiger partial charge in [-0.1, -0.05) is 41.5 Å². The molecule has 68 valence electrons. The second-order valence-corrected chi connectivity index (χ2v) is 6.94. The van der Waals surface area contributed by atoms with Crippen LogP contribution in [0.2, 0.25) is 0 Å². The summed E-state index contributed by atoms with van der Waals surface area (Å²) in [7, 11) is 0. The summed E-state index contributed by atoms with van der Waals surface area (Å²) in [6.45, 7) is 13.8. The van der Waals surface area contributed by atoms with E-state index in [1.165, 1.54) is 6.42 Å². The van der Waals surface area contributed by atoms with Gasteiger partial charge in [-0.2, -0.15) is 11.8 Å². The number of thioether (sulfide) groups is 1. The Hall–Kier alpha value is 0.350. The van der Waals surface area contributed by atoms with Crippen LogP contribution < -0.4 is 0 Å². The first-order chi connectivity index (χ1) is 4.81. The standard InChI is InChI=1S/C10H22S/c1-8(2)7-9(3)11-10(4,5)6/h8-9H,7H2,1-6H3. The van der Waals surface area contributed by atoms with E-state index in [1.807, 2.05) is 0 Å². The zero-order valence-corrected chi connectivity index (χ0v) is 9.59. The first-order valence-corrected chi connectivity index (χ1v) is 5.37. The summed E-state index contributed by atoms with van der Waals surface area (Å²) in [4.78, 5) is 0. The molecule has 0 N–H and O–H groups in total. The van der Waals surface area contributed by atoms with Crippen molar-refractivity contribution in [1.29, 1.82) is 0 Å². The molecule has 11 heavy (non-hydrogen) atoms. The highest BCUT2D eigenvalue weighted by Gasteiger charge is 2.15. The second-order valence-electron chi connectivity index (χ2n) is 4.67. The van der Waals surface area contributed by atoms with E-state index in [1.54, 1.807) is 0 Å². The summed E-state index contributed by atoms with van der Waals surface area (Å²) >= 11 is 2.09. The fourth-order valence-electron chi connectivity index (χ4n) is 1.32. The molecule has 0 aliphatic heterocycles. The maximum atomic E-state index is 2.33. The molecule has 0 heterocycles. The minimum Gasteiger partial charge on any atom is -0.153 e. The van der Waals surface area contributed by atoms with Crippen LogP contribution in [0.25, 0.3) is 0 Å². The summed E-state index contributed by atoms with van der Waals surface area (Å²) in [6, 6.07) is 0. The third kappa shape index (κ3) is 8.25. The summed E-state index contributed by atoms with van der Waals surface area (Å²) < 4.78 is 0.425. The molecule has 0 radical (unpaired) electrons. The Bertz CT molecular complexity index is 99.9. The number of hydrogen-bond donors (Lipinski definition) is 0. The van der Waals surface area contributed by atoms with Gasteiger partial charge in [-0.05, 0) is 12.3 Å². The van der Waals surface area contributed by atoms with Gasteiger partial charge in [0, 0.05) is 10.00 Å². The smallest absolute Gasteiger partial charge is 0.00777 e. The molecule has 1 unspecified atom stereocenters. The Morgan fingerprint density at radius 2 is 1.55 bits per heavy atom. The zero-order chi connectivity index (χ0) is 9.07. The van der Waals surface area contributed by atoms with Crippen molar-refractivity contribution < 1.29 is 0 Å². The molecule has 0 aliphatic carbocycles. The molecule has 0 bridgehead atoms. The van der Waals surface area contributed by atoms with E-state index in [0.29, 0.717) is 4.75 Å². The van der Waals surface area contributed by atoms with E-state index in [0.717, 1.165) is 11.2 Å². The first-order valence-electron chi connectivity index (χ1n) is 4.49. The highest BCUT2D eigenvalue weighted by Crippen LogP contribution is 2.30. The monoisotopic (exact) mass is 174 g/mol. The van der Waals surface area contributed by atoms with Gasteiger partial charge in [-0.25, -0.2) is 0 Å². The predicted molar refractivity (Wildman–Crippen MR) is 56.3 cm³/mol. The summed E-state index contributed by atoms with van der Waals surface area (Å²) in [6.07, 6.45) is 1.34. The molecule has 0 nitrogen and oxygen atoms in total. The minimum atomic E-state index is 0.425. The molecule has 1 atom stereocenters. The Morgan fingerprint density at radius 3 is 1.82 bits per heavy atom. The average Bonchev–Trinajstić information content (AvgIpc) is 1.53. The van der Waals surface area contributed by atoms with E-state index in [9.17, 15) is 0 Å². The topological polar surface area (TPSA) is 0 Å². The van der Waals surface area contributed by atoms with Gasteiger partial charge in [0.05, 0.1) is 0 Å². The van der Waals surface area contributed by atoms with Crippen molar-refractivity contribution in [1.82, 2.24) is 0 Å². The van der Waals surface area contributed by atoms with Gasteiger partial charge >= 0.3 is 0 Å². The van der Waals surface area contributed by atoms with Gasteiger partial charge in [0.25, 0.3) is 0 Å². The fourth-order valence-corrected chi connectivity index (χ4v) is 3.00. The molecule has 0 amide bonds. The van der Waals surface area contributed by atoms with Crippen molar-refractivity contribution in [2.75, 3.05) is 0 Å². The Kier molecular flexibility index (Phi) is 4.53. The molecule has 0 aromatic carbocycles. The van der Waals surface area contributed by atoms with Crippen LogP contribution in [0.1, 0.15) is 48.0 Å². The minimum absolute atomic E-state index is 0.425. The van der Waals surface area contributed by atoms with Crippen molar-refractivity contribution in [2.45, 2.75) is 58.0 Å². The highest BCUT2D eigenvalue weighted by molar-refractivity contribution is 8.01. The molecule has 0 spiro atoms. The van der Waals surface area contributed by atoms with Crippen molar-refractivity contribution in [3.63, 3.8) is 0 Å². The zero-order valence-electron chi connectivity index (χ0n) is 8.77. The third-order valence-electron chi connectivity index (χ3n) is 1.36. The fraction of sp³-hybridized carbons (Fsp3) is 1.00. The van der Waals surface area contributed by atoms with Crippen LogP contribution in [-0.2, 0) is 0 Å². The molecule has 0 aromatic heterocycles. The van der Waals surface area contributed by atoms with Crippen LogP contribution in [0.15, 0.2) is 0 Å². The molecule has 0 saturated heterocycles. The van der Waals surface area contributed by atoms with Gasteiger partial charge in [-0.15, -0.1) is 0 Å². The van der Waals surface area contributed by atoms with E-state index in [-0.39, 0.29) is 0 Å². The van der Waals surface area contributed by atoms with E-state index in [2.05, 4.69) is 53.3 Å². The van der Waals surface area contributed by atoms with Gasteiger partial charge in [-0.3, -0.25) is 0 Å². The quantitative estimate of drug-likeness (QED) is 0.624. The van der Waals surface area contributed by atoms with Crippen molar-refractivity contribution >= 4 is 11.8 Å². The molecular formula is C10H22S. The molecule has 0 rings (SSSR count). The van der Waals surface area contributed by atoms with Gasteiger partial charge < -0.3 is 0 Å².